The first-order valence-corrected chi connectivity index (χ1v) is 26.8. The predicted molar refractivity (Wildman–Crippen MR) is 273 cm³/mol. The standard InChI is InChI=1S/2C25H31Cl2NO4S.CH4/c2*1-16(2)21(15-33(30,31)25(3,4)5)28-22(29)14-32-24(18-7-6-8-20(27)13-18)23(28)17-9-11-19(26)12-10-17;/h2*6-13,16,21,23-24H,14-15H2,1-5H3;1H4/t21?,23-,24?;21-,23+,24?;/m10./s1. The van der Waals surface area contributed by atoms with Crippen molar-refractivity contribution in [3.63, 3.8) is 0 Å². The number of sulfone groups is 2. The molecule has 2 fully saturated rings. The minimum absolute atomic E-state index is 0. The monoisotopic (exact) mass is 1040 g/mol. The number of nitrogens with zero attached hydrogens (tertiary/aromatic N) is 2. The molecule has 4 aromatic rings. The highest BCUT2D eigenvalue weighted by Crippen LogP contribution is 2.45. The molecule has 2 aliphatic rings. The SMILES string of the molecule is C.CC(C)C(CS(=O)(=O)C(C)(C)C)N1C(=O)COC(c2cccc(Cl)c2)[C@H]1c1ccc(Cl)cc1.CC(C)[C@H](CS(=O)(=O)C(C)(C)C)N1C(=O)COC(c2cccc(Cl)c2)[C@H]1c1ccc(Cl)cc1. The highest BCUT2D eigenvalue weighted by Gasteiger charge is 2.47. The van der Waals surface area contributed by atoms with Gasteiger partial charge in [-0.2, -0.15) is 0 Å². The van der Waals surface area contributed by atoms with E-state index in [1.807, 2.05) is 88.4 Å². The Bertz CT molecular complexity index is 2370. The van der Waals surface area contributed by atoms with Gasteiger partial charge >= 0.3 is 0 Å². The third-order valence-electron chi connectivity index (χ3n) is 12.2. The Kier molecular flexibility index (Phi) is 19.1. The first-order valence-electron chi connectivity index (χ1n) is 22.0. The number of carbonyl (C=O) groups excluding carboxylic acids is 2. The predicted octanol–water partition coefficient (Wildman–Crippen LogP) is 12.4. The van der Waals surface area contributed by atoms with Crippen molar-refractivity contribution in [2.24, 2.45) is 11.8 Å². The maximum absolute atomic E-state index is 13.3. The summed E-state index contributed by atoms with van der Waals surface area (Å²) in [5, 5.41) is 2.27. The maximum Gasteiger partial charge on any atom is 0.249 e. The summed E-state index contributed by atoms with van der Waals surface area (Å²) >= 11 is 24.8. The van der Waals surface area contributed by atoms with Crippen LogP contribution in [0.15, 0.2) is 97.1 Å². The Balaban J connectivity index is 0.000000288. The van der Waals surface area contributed by atoms with Crippen LogP contribution in [-0.2, 0) is 38.7 Å². The van der Waals surface area contributed by atoms with Crippen molar-refractivity contribution in [1.29, 1.82) is 0 Å². The topological polar surface area (TPSA) is 127 Å². The fraction of sp³-hybridized carbons (Fsp3) is 0.490. The number of hydrogen-bond acceptors (Lipinski definition) is 8. The van der Waals surface area contributed by atoms with E-state index in [0.717, 1.165) is 22.3 Å². The van der Waals surface area contributed by atoms with Gasteiger partial charge in [0.25, 0.3) is 0 Å². The molecular weight excluding hydrogens is 975 g/mol. The number of carbonyl (C=O) groups is 2. The lowest BCUT2D eigenvalue weighted by molar-refractivity contribution is -0.164. The molecule has 6 atom stereocenters. The Hall–Kier alpha value is -3.20. The number of hydrogen-bond donors (Lipinski definition) is 0. The minimum Gasteiger partial charge on any atom is -0.361 e. The van der Waals surface area contributed by atoms with Crippen molar-refractivity contribution in [3.8, 4) is 0 Å². The molecule has 67 heavy (non-hydrogen) atoms. The number of rotatable bonds is 12. The summed E-state index contributed by atoms with van der Waals surface area (Å²) in [6.07, 6.45) is -1.03. The first kappa shape index (κ1) is 56.4. The second kappa shape index (κ2) is 22.7. The molecule has 2 heterocycles. The number of halogens is 4. The molecule has 368 valence electrons. The summed E-state index contributed by atoms with van der Waals surface area (Å²) in [4.78, 5) is 30.1. The summed E-state index contributed by atoms with van der Waals surface area (Å²) < 4.78 is 63.0. The molecule has 2 amide bonds. The van der Waals surface area contributed by atoms with Crippen LogP contribution in [0.4, 0.5) is 0 Å². The molecule has 0 bridgehead atoms. The van der Waals surface area contributed by atoms with E-state index in [1.165, 1.54) is 0 Å². The van der Waals surface area contributed by atoms with Gasteiger partial charge < -0.3 is 19.3 Å². The van der Waals surface area contributed by atoms with E-state index in [-0.39, 0.29) is 55.8 Å². The van der Waals surface area contributed by atoms with Crippen molar-refractivity contribution in [2.45, 2.75) is 123 Å². The van der Waals surface area contributed by atoms with Crippen LogP contribution in [-0.4, -0.2) is 84.7 Å². The number of benzene rings is 4. The second-order valence-electron chi connectivity index (χ2n) is 19.6. The van der Waals surface area contributed by atoms with Crippen molar-refractivity contribution in [2.75, 3.05) is 24.7 Å². The van der Waals surface area contributed by atoms with Gasteiger partial charge in [-0.3, -0.25) is 9.59 Å². The Morgan fingerprint density at radius 3 is 1.10 bits per heavy atom. The molecule has 0 aromatic heterocycles. The van der Waals surface area contributed by atoms with Crippen LogP contribution in [0, 0.1) is 11.8 Å². The van der Waals surface area contributed by atoms with E-state index in [0.29, 0.717) is 20.1 Å². The molecule has 0 radical (unpaired) electrons. The van der Waals surface area contributed by atoms with E-state index in [4.69, 9.17) is 55.9 Å². The lowest BCUT2D eigenvalue weighted by Crippen LogP contribution is -2.55. The molecule has 3 unspecified atom stereocenters. The lowest BCUT2D eigenvalue weighted by atomic mass is 9.90. The van der Waals surface area contributed by atoms with E-state index < -0.39 is 65.5 Å². The van der Waals surface area contributed by atoms with E-state index in [2.05, 4.69) is 0 Å². The Labute approximate surface area is 419 Å². The van der Waals surface area contributed by atoms with Crippen molar-refractivity contribution in [1.82, 2.24) is 9.80 Å². The molecular formula is C51H66Cl4N2O8S2. The summed E-state index contributed by atoms with van der Waals surface area (Å²) in [5.74, 6) is -0.941. The fourth-order valence-electron chi connectivity index (χ4n) is 8.09. The Morgan fingerprint density at radius 2 is 0.836 bits per heavy atom. The first-order chi connectivity index (χ1) is 30.6. The van der Waals surface area contributed by atoms with E-state index in [9.17, 15) is 26.4 Å². The molecule has 2 saturated heterocycles. The summed E-state index contributed by atoms with van der Waals surface area (Å²) in [7, 11) is -6.99. The molecule has 6 rings (SSSR count). The molecule has 4 aromatic carbocycles. The quantitative estimate of drug-likeness (QED) is 0.137. The highest BCUT2D eigenvalue weighted by molar-refractivity contribution is 7.93. The number of ether oxygens (including phenoxy) is 2. The zero-order chi connectivity index (χ0) is 49.1. The zero-order valence-corrected chi connectivity index (χ0v) is 43.8. The summed E-state index contributed by atoms with van der Waals surface area (Å²) in [6, 6.07) is 27.0. The van der Waals surface area contributed by atoms with Crippen LogP contribution in [0.25, 0.3) is 0 Å². The third-order valence-corrected chi connectivity index (χ3v) is 18.5. The van der Waals surface area contributed by atoms with Gasteiger partial charge in [0, 0.05) is 32.2 Å². The number of amides is 2. The van der Waals surface area contributed by atoms with Gasteiger partial charge in [-0.05, 0) is 124 Å². The second-order valence-corrected chi connectivity index (χ2v) is 26.9. The highest BCUT2D eigenvalue weighted by atomic mass is 35.5. The smallest absolute Gasteiger partial charge is 0.249 e. The summed E-state index contributed by atoms with van der Waals surface area (Å²) in [6.45, 7) is 17.6. The fourth-order valence-corrected chi connectivity index (χ4v) is 11.7. The van der Waals surface area contributed by atoms with Gasteiger partial charge in [0.15, 0.2) is 19.7 Å². The zero-order valence-electron chi connectivity index (χ0n) is 39.2. The van der Waals surface area contributed by atoms with Crippen LogP contribution < -0.4 is 0 Å². The van der Waals surface area contributed by atoms with E-state index >= 15 is 0 Å². The third kappa shape index (κ3) is 13.6. The van der Waals surface area contributed by atoms with Crippen molar-refractivity contribution in [3.05, 3.63) is 139 Å². The molecule has 2 aliphatic heterocycles. The van der Waals surface area contributed by atoms with Gasteiger partial charge in [-0.1, -0.05) is 130 Å². The molecule has 0 N–H and O–H groups in total. The lowest BCUT2D eigenvalue weighted by Gasteiger charge is -2.47. The molecule has 0 spiro atoms. The molecule has 16 heteroatoms. The summed E-state index contributed by atoms with van der Waals surface area (Å²) in [5.41, 5.74) is 3.27. The van der Waals surface area contributed by atoms with Gasteiger partial charge in [-0.15, -0.1) is 0 Å². The van der Waals surface area contributed by atoms with Crippen LogP contribution in [0.1, 0.15) is 123 Å². The van der Waals surface area contributed by atoms with Crippen molar-refractivity contribution < 1.29 is 35.9 Å². The van der Waals surface area contributed by atoms with Gasteiger partial charge in [-0.25, -0.2) is 16.8 Å². The average molecular weight is 1040 g/mol. The Morgan fingerprint density at radius 1 is 0.522 bits per heavy atom. The van der Waals surface area contributed by atoms with Gasteiger partial charge in [0.05, 0.1) is 33.1 Å². The van der Waals surface area contributed by atoms with Crippen LogP contribution in [0.3, 0.4) is 0 Å². The van der Waals surface area contributed by atoms with Crippen LogP contribution >= 0.6 is 46.4 Å². The maximum atomic E-state index is 13.3. The van der Waals surface area contributed by atoms with Crippen LogP contribution in [0.5, 0.6) is 0 Å². The van der Waals surface area contributed by atoms with Crippen molar-refractivity contribution >= 4 is 77.9 Å². The van der Waals surface area contributed by atoms with Gasteiger partial charge in [0.2, 0.25) is 11.8 Å². The van der Waals surface area contributed by atoms with Crippen LogP contribution in [0.2, 0.25) is 20.1 Å². The van der Waals surface area contributed by atoms with Gasteiger partial charge in [0.1, 0.15) is 25.4 Å². The molecule has 0 saturated carbocycles. The molecule has 0 aliphatic carbocycles. The largest absolute Gasteiger partial charge is 0.361 e. The average Bonchev–Trinajstić information content (AvgIpc) is 3.22. The minimum atomic E-state index is -3.49. The normalized spacial score (nSPS) is 20.5. The number of morpholine rings is 2. The van der Waals surface area contributed by atoms with E-state index in [1.54, 1.807) is 87.7 Å². The molecule has 10 nitrogen and oxygen atoms in total.